The minimum absolute atomic E-state index is 0.0190. The van der Waals surface area contributed by atoms with E-state index in [2.05, 4.69) is 60.1 Å². The third-order valence-corrected chi connectivity index (χ3v) is 15.1. The van der Waals surface area contributed by atoms with Crippen molar-refractivity contribution in [3.05, 3.63) is 0 Å². The summed E-state index contributed by atoms with van der Waals surface area (Å²) in [5.74, 6) is -9.03. The van der Waals surface area contributed by atoms with E-state index in [1.807, 2.05) is 13.8 Å². The number of ketones is 1. The molecule has 27 heteroatoms. The van der Waals surface area contributed by atoms with Crippen molar-refractivity contribution < 1.29 is 52.7 Å². The first-order chi connectivity index (χ1) is 41.0. The van der Waals surface area contributed by atoms with Gasteiger partial charge in [-0.05, 0) is 89.9 Å². The lowest BCUT2D eigenvalue weighted by Crippen LogP contribution is -2.60. The van der Waals surface area contributed by atoms with E-state index >= 15 is 0 Å². The number of carbonyl (C=O) groups is 11. The van der Waals surface area contributed by atoms with Gasteiger partial charge in [0.05, 0.1) is 0 Å². The van der Waals surface area contributed by atoms with Crippen LogP contribution < -0.4 is 70.4 Å². The minimum Gasteiger partial charge on any atom is -0.370 e. The van der Waals surface area contributed by atoms with E-state index in [0.717, 1.165) is 19.3 Å². The third kappa shape index (κ3) is 32.5. The number of guanidine groups is 2. The van der Waals surface area contributed by atoms with Gasteiger partial charge in [0.25, 0.3) is 0 Å². The van der Waals surface area contributed by atoms with Gasteiger partial charge in [0.2, 0.25) is 59.1 Å². The van der Waals surface area contributed by atoms with E-state index in [4.69, 9.17) is 28.0 Å². The number of hydrogen-bond acceptors (Lipinski definition) is 13. The second kappa shape index (κ2) is 42.7. The standard InChI is InChI=1S/C60H110N16O11/c1-11-12-13-14-15-16-17-18-19-20-21-22-23-30-47(78)74-48(37(4)5)57(86)71-43(28-25-32-67-60(64)65)58(87)76-33-26-29-46(76)55(84)75-49(38(6)7)56(85)69-41(10)52(81)73-45(35-39(8)77)54(83)68-40(9)51(80)70-42(27-24-31-66-59(62)63)53(82)72-44(50(61)79)34-36(2)3/h36-38,40-46,48-49H,11-35H2,1-10H3,(H2,61,79)(H,68,83)(H,69,85)(H,70,80)(H,71,86)(H,72,82)(H,73,81)(H,74,78)(H,75,84)(H4,62,63,66)(H4,64,65,67)/t40-,41-,42-,43-,44-,45-,46-,48-,49-/m0/s1. The molecule has 0 aromatic rings. The lowest BCUT2D eigenvalue weighted by atomic mass is 10.0. The SMILES string of the molecule is CCCCCCCCCCCCCCCC(=O)N[C@H](C(=O)N[C@@H](CCCNC(=N)N)C(=O)N1CCC[C@H]1C(=O)N[C@H](C(=O)N[C@@H](C)C(=O)N[C@@H](CC(C)=O)C(=O)N[C@@H](C)C(=O)N[C@@H](CCCNC(=N)N)C(=O)N[C@@H](CC(C)C)C(N)=O)C(C)C)C(C)C. The van der Waals surface area contributed by atoms with Crippen molar-refractivity contribution in [2.75, 3.05) is 19.6 Å². The van der Waals surface area contributed by atoms with E-state index in [0.29, 0.717) is 19.3 Å². The van der Waals surface area contributed by atoms with Gasteiger partial charge < -0.3 is 75.3 Å². The Morgan fingerprint density at radius 3 is 1.39 bits per heavy atom. The Labute approximate surface area is 516 Å². The second-order valence-electron chi connectivity index (χ2n) is 24.3. The van der Waals surface area contributed by atoms with Crippen LogP contribution in [-0.4, -0.2) is 156 Å². The number of likely N-dealkylation sites (tertiary alicyclic amines) is 1. The number of primary amides is 1. The molecule has 1 aliphatic rings. The van der Waals surface area contributed by atoms with Gasteiger partial charge in [-0.15, -0.1) is 0 Å². The summed E-state index contributed by atoms with van der Waals surface area (Å²) in [6, 6.07) is -10.9. The predicted molar refractivity (Wildman–Crippen MR) is 334 cm³/mol. The molecule has 0 aromatic carbocycles. The highest BCUT2D eigenvalue weighted by Gasteiger charge is 2.41. The first-order valence-electron chi connectivity index (χ1n) is 31.7. The summed E-state index contributed by atoms with van der Waals surface area (Å²) in [6.07, 6.45) is 16.4. The molecule has 0 aromatic heterocycles. The van der Waals surface area contributed by atoms with Gasteiger partial charge in [-0.2, -0.15) is 0 Å². The maximum absolute atomic E-state index is 14.5. The average Bonchev–Trinajstić information content (AvgIpc) is 2.53. The highest BCUT2D eigenvalue weighted by Crippen LogP contribution is 2.22. The number of nitrogens with zero attached hydrogens (tertiary/aromatic N) is 1. The molecular weight excluding hydrogens is 1120 g/mol. The van der Waals surface area contributed by atoms with Crippen LogP contribution in [-0.2, 0) is 52.7 Å². The molecule has 1 heterocycles. The van der Waals surface area contributed by atoms with Crippen molar-refractivity contribution in [2.24, 2.45) is 35.0 Å². The second-order valence-corrected chi connectivity index (χ2v) is 24.3. The van der Waals surface area contributed by atoms with Crippen molar-refractivity contribution in [3.8, 4) is 0 Å². The fourth-order valence-electron chi connectivity index (χ4n) is 10.0. The number of Topliss-reactive ketones (excluding diaryl/α,β-unsaturated/α-hetero) is 1. The zero-order valence-electron chi connectivity index (χ0n) is 53.8. The van der Waals surface area contributed by atoms with Crippen LogP contribution in [0.5, 0.6) is 0 Å². The summed E-state index contributed by atoms with van der Waals surface area (Å²) in [4.78, 5) is 150. The molecule has 0 bridgehead atoms. The minimum atomic E-state index is -1.53. The van der Waals surface area contributed by atoms with Gasteiger partial charge >= 0.3 is 0 Å². The molecule has 1 aliphatic heterocycles. The molecule has 9 atom stereocenters. The summed E-state index contributed by atoms with van der Waals surface area (Å²) in [5.41, 5.74) is 16.4. The Kier molecular flexibility index (Phi) is 38.2. The number of rotatable bonds is 45. The largest absolute Gasteiger partial charge is 0.370 e. The summed E-state index contributed by atoms with van der Waals surface area (Å²) >= 11 is 0. The van der Waals surface area contributed by atoms with E-state index in [-0.39, 0.29) is 87.8 Å². The van der Waals surface area contributed by atoms with Gasteiger partial charge in [0.1, 0.15) is 60.2 Å². The number of carbonyl (C=O) groups excluding carboxylic acids is 11. The number of hydrogen-bond donors (Lipinski definition) is 15. The molecule has 1 fully saturated rings. The summed E-state index contributed by atoms with van der Waals surface area (Å²) in [7, 11) is 0. The van der Waals surface area contributed by atoms with Crippen molar-refractivity contribution >= 4 is 76.8 Å². The van der Waals surface area contributed by atoms with Gasteiger partial charge in [-0.3, -0.25) is 63.6 Å². The molecule has 0 radical (unpaired) electrons. The Hall–Kier alpha value is -7.09. The third-order valence-electron chi connectivity index (χ3n) is 15.1. The molecule has 1 rings (SSSR count). The van der Waals surface area contributed by atoms with E-state index in [9.17, 15) is 52.7 Å². The smallest absolute Gasteiger partial charge is 0.245 e. The maximum Gasteiger partial charge on any atom is 0.245 e. The highest BCUT2D eigenvalue weighted by atomic mass is 16.2. The zero-order valence-corrected chi connectivity index (χ0v) is 53.8. The van der Waals surface area contributed by atoms with Crippen LogP contribution in [0.25, 0.3) is 0 Å². The number of amides is 10. The summed E-state index contributed by atoms with van der Waals surface area (Å²) < 4.78 is 0. The number of unbranched alkanes of at least 4 members (excludes halogenated alkanes) is 12. The molecule has 27 nitrogen and oxygen atoms in total. The van der Waals surface area contributed by atoms with E-state index in [1.165, 1.54) is 83.5 Å². The predicted octanol–water partition coefficient (Wildman–Crippen LogP) is 1.73. The fourth-order valence-corrected chi connectivity index (χ4v) is 10.0. The highest BCUT2D eigenvalue weighted by molar-refractivity contribution is 5.99. The van der Waals surface area contributed by atoms with Gasteiger partial charge in [0.15, 0.2) is 11.9 Å². The van der Waals surface area contributed by atoms with Crippen LogP contribution in [0, 0.1) is 28.6 Å². The lowest BCUT2D eigenvalue weighted by Gasteiger charge is -2.32. The molecule has 0 spiro atoms. The Morgan fingerprint density at radius 1 is 0.494 bits per heavy atom. The quantitative estimate of drug-likeness (QED) is 0.0235. The molecule has 10 amide bonds. The molecule has 1 saturated heterocycles. The Balaban J connectivity index is 3.10. The molecule has 0 unspecified atom stereocenters. The lowest BCUT2D eigenvalue weighted by molar-refractivity contribution is -0.143. The molecule has 87 heavy (non-hydrogen) atoms. The number of nitrogens with two attached hydrogens (primary N) is 3. The molecule has 0 saturated carbocycles. The van der Waals surface area contributed by atoms with Crippen LogP contribution in [0.1, 0.15) is 210 Å². The van der Waals surface area contributed by atoms with Crippen LogP contribution in [0.15, 0.2) is 0 Å². The molecule has 496 valence electrons. The van der Waals surface area contributed by atoms with Crippen molar-refractivity contribution in [1.82, 2.24) is 58.1 Å². The number of nitrogens with one attached hydrogen (secondary N) is 12. The van der Waals surface area contributed by atoms with Gasteiger partial charge in [0, 0.05) is 32.5 Å². The first kappa shape index (κ1) is 77.9. The van der Waals surface area contributed by atoms with Crippen LogP contribution in [0.2, 0.25) is 0 Å². The van der Waals surface area contributed by atoms with Crippen molar-refractivity contribution in [1.29, 1.82) is 10.8 Å². The van der Waals surface area contributed by atoms with Crippen molar-refractivity contribution in [2.45, 2.75) is 265 Å². The Bertz CT molecular complexity index is 2250. The zero-order chi connectivity index (χ0) is 65.8. The van der Waals surface area contributed by atoms with Gasteiger partial charge in [-0.25, -0.2) is 0 Å². The van der Waals surface area contributed by atoms with Crippen LogP contribution >= 0.6 is 0 Å². The molecular formula is C60H110N16O11. The van der Waals surface area contributed by atoms with Crippen molar-refractivity contribution in [3.63, 3.8) is 0 Å². The maximum atomic E-state index is 14.5. The van der Waals surface area contributed by atoms with Crippen LogP contribution in [0.3, 0.4) is 0 Å². The van der Waals surface area contributed by atoms with Crippen LogP contribution in [0.4, 0.5) is 0 Å². The monoisotopic (exact) mass is 1230 g/mol. The fraction of sp³-hybridized carbons (Fsp3) is 0.783. The topological polar surface area (TPSA) is 437 Å². The molecule has 0 aliphatic carbocycles. The average molecular weight is 1230 g/mol. The Morgan fingerprint density at radius 2 is 0.920 bits per heavy atom. The van der Waals surface area contributed by atoms with E-state index < -0.39 is 126 Å². The van der Waals surface area contributed by atoms with E-state index in [1.54, 1.807) is 27.7 Å². The molecule has 18 N–H and O–H groups in total. The summed E-state index contributed by atoms with van der Waals surface area (Å²) in [5, 5.41) is 41.3. The first-order valence-corrected chi connectivity index (χ1v) is 31.7. The van der Waals surface area contributed by atoms with Gasteiger partial charge in [-0.1, -0.05) is 126 Å². The normalized spacial score (nSPS) is 15.7. The summed E-state index contributed by atoms with van der Waals surface area (Å²) in [6.45, 7) is 17.1.